The van der Waals surface area contributed by atoms with Gasteiger partial charge in [0.15, 0.2) is 0 Å². The zero-order valence-corrected chi connectivity index (χ0v) is 14.2. The first-order valence-corrected chi connectivity index (χ1v) is 8.05. The minimum absolute atomic E-state index is 0.0402. The van der Waals surface area contributed by atoms with Crippen LogP contribution in [0.25, 0.3) is 0 Å². The van der Waals surface area contributed by atoms with Crippen molar-refractivity contribution < 1.29 is 4.39 Å². The van der Waals surface area contributed by atoms with Crippen LogP contribution >= 0.6 is 0 Å². The maximum atomic E-state index is 14.5. The summed E-state index contributed by atoms with van der Waals surface area (Å²) in [5.41, 5.74) is 3.60. The molecule has 3 heteroatoms. The largest absolute Gasteiger partial charge is 0.369 e. The molecular weight excluding hydrogens is 287 g/mol. The van der Waals surface area contributed by atoms with Crippen molar-refractivity contribution in [2.45, 2.75) is 38.6 Å². The highest BCUT2D eigenvalue weighted by molar-refractivity contribution is 5.84. The number of benzene rings is 2. The Hall–Kier alpha value is -2.16. The molecule has 0 fully saturated rings. The van der Waals surface area contributed by atoms with Crippen LogP contribution in [-0.4, -0.2) is 18.8 Å². The smallest absolute Gasteiger partial charge is 0.134 e. The Morgan fingerprint density at radius 2 is 1.91 bits per heavy atom. The third-order valence-electron chi connectivity index (χ3n) is 4.86. The van der Waals surface area contributed by atoms with Crippen LogP contribution in [-0.2, 0) is 0 Å². The second-order valence-electron chi connectivity index (χ2n) is 7.00. The first-order chi connectivity index (χ1) is 10.9. The van der Waals surface area contributed by atoms with Gasteiger partial charge in [0.1, 0.15) is 5.82 Å². The first-order valence-electron chi connectivity index (χ1n) is 8.05. The lowest BCUT2D eigenvalue weighted by Gasteiger charge is -2.45. The fraction of sp³-hybridized carbons (Fsp3) is 0.350. The molecule has 2 nitrogen and oxygen atoms in total. The van der Waals surface area contributed by atoms with E-state index in [2.05, 4.69) is 30.7 Å². The van der Waals surface area contributed by atoms with E-state index in [4.69, 9.17) is 0 Å². The van der Waals surface area contributed by atoms with Gasteiger partial charge in [-0.15, -0.1) is 0 Å². The second kappa shape index (κ2) is 5.80. The zero-order valence-electron chi connectivity index (χ0n) is 14.2. The SMILES string of the molecule is CC1CC(C)(C)N(C)c2cc(F)c(C=Nc3ccccc3)cc21. The highest BCUT2D eigenvalue weighted by Crippen LogP contribution is 2.43. The van der Waals surface area contributed by atoms with Crippen LogP contribution in [0.2, 0.25) is 0 Å². The van der Waals surface area contributed by atoms with E-state index >= 15 is 0 Å². The molecule has 0 N–H and O–H groups in total. The van der Waals surface area contributed by atoms with Gasteiger partial charge in [-0.3, -0.25) is 4.99 Å². The normalized spacial score (nSPS) is 19.9. The van der Waals surface area contributed by atoms with Crippen molar-refractivity contribution in [1.82, 2.24) is 0 Å². The number of rotatable bonds is 2. The molecule has 0 aromatic heterocycles. The number of halogens is 1. The number of hydrogen-bond donors (Lipinski definition) is 0. The van der Waals surface area contributed by atoms with Crippen molar-refractivity contribution in [2.24, 2.45) is 4.99 Å². The maximum Gasteiger partial charge on any atom is 0.134 e. The van der Waals surface area contributed by atoms with E-state index in [1.165, 1.54) is 5.56 Å². The lowest BCUT2D eigenvalue weighted by Crippen LogP contribution is -2.45. The van der Waals surface area contributed by atoms with E-state index in [-0.39, 0.29) is 11.4 Å². The summed E-state index contributed by atoms with van der Waals surface area (Å²) in [6, 6.07) is 13.2. The molecule has 0 bridgehead atoms. The number of hydrogen-bond acceptors (Lipinski definition) is 2. The summed E-state index contributed by atoms with van der Waals surface area (Å²) >= 11 is 0. The molecule has 23 heavy (non-hydrogen) atoms. The second-order valence-corrected chi connectivity index (χ2v) is 7.00. The van der Waals surface area contributed by atoms with Crippen LogP contribution < -0.4 is 4.90 Å². The van der Waals surface area contributed by atoms with Crippen LogP contribution in [0.3, 0.4) is 0 Å². The van der Waals surface area contributed by atoms with Crippen LogP contribution in [0.1, 0.15) is 44.2 Å². The van der Waals surface area contributed by atoms with Gasteiger partial charge in [0.2, 0.25) is 0 Å². The Morgan fingerprint density at radius 3 is 2.61 bits per heavy atom. The van der Waals surface area contributed by atoms with E-state index in [0.29, 0.717) is 11.5 Å². The Balaban J connectivity index is 1.99. The van der Waals surface area contributed by atoms with Gasteiger partial charge in [0.05, 0.1) is 5.69 Å². The van der Waals surface area contributed by atoms with Gasteiger partial charge in [-0.2, -0.15) is 0 Å². The molecule has 1 aliphatic rings. The molecule has 0 amide bonds. The summed E-state index contributed by atoms with van der Waals surface area (Å²) in [4.78, 5) is 6.56. The predicted octanol–water partition coefficient (Wildman–Crippen LogP) is 5.30. The minimum atomic E-state index is -0.222. The molecule has 0 saturated carbocycles. The van der Waals surface area contributed by atoms with Crippen LogP contribution in [0.15, 0.2) is 47.5 Å². The molecule has 0 spiro atoms. The molecule has 1 heterocycles. The monoisotopic (exact) mass is 310 g/mol. The molecule has 120 valence electrons. The standard InChI is InChI=1S/C20H23FN2/c1-14-12-20(2,3)23(4)19-11-18(21)15(10-17(14)19)13-22-16-8-6-5-7-9-16/h5-11,13-14H,12H2,1-4H3. The van der Waals surface area contributed by atoms with Gasteiger partial charge in [-0.1, -0.05) is 25.1 Å². The van der Waals surface area contributed by atoms with Gasteiger partial charge >= 0.3 is 0 Å². The van der Waals surface area contributed by atoms with Gasteiger partial charge in [0.25, 0.3) is 0 Å². The molecule has 1 unspecified atom stereocenters. The van der Waals surface area contributed by atoms with Gasteiger partial charge in [-0.05, 0) is 56.0 Å². The molecule has 1 aliphatic heterocycles. The van der Waals surface area contributed by atoms with Crippen molar-refractivity contribution in [1.29, 1.82) is 0 Å². The molecule has 1 atom stereocenters. The molecule has 0 saturated heterocycles. The third-order valence-corrected chi connectivity index (χ3v) is 4.86. The molecule has 0 radical (unpaired) electrons. The molecule has 2 aromatic rings. The van der Waals surface area contributed by atoms with Crippen LogP contribution in [0, 0.1) is 5.82 Å². The average molecular weight is 310 g/mol. The highest BCUT2D eigenvalue weighted by atomic mass is 19.1. The molecule has 2 aromatic carbocycles. The van der Waals surface area contributed by atoms with Crippen molar-refractivity contribution in [3.05, 3.63) is 59.4 Å². The zero-order chi connectivity index (χ0) is 16.6. The Labute approximate surface area is 137 Å². The Morgan fingerprint density at radius 1 is 1.22 bits per heavy atom. The van der Waals surface area contributed by atoms with Crippen LogP contribution in [0.5, 0.6) is 0 Å². The summed E-state index contributed by atoms with van der Waals surface area (Å²) in [5.74, 6) is 0.181. The summed E-state index contributed by atoms with van der Waals surface area (Å²) in [6.07, 6.45) is 2.68. The van der Waals surface area contributed by atoms with Crippen molar-refractivity contribution in [3.8, 4) is 0 Å². The molecule has 0 aliphatic carbocycles. The molecular formula is C20H23FN2. The quantitative estimate of drug-likeness (QED) is 0.687. The average Bonchev–Trinajstić information content (AvgIpc) is 2.52. The Kier molecular flexibility index (Phi) is 3.97. The summed E-state index contributed by atoms with van der Waals surface area (Å²) in [6.45, 7) is 6.62. The number of anilines is 1. The van der Waals surface area contributed by atoms with Crippen LogP contribution in [0.4, 0.5) is 15.8 Å². The van der Waals surface area contributed by atoms with E-state index in [0.717, 1.165) is 17.8 Å². The van der Waals surface area contributed by atoms with Crippen molar-refractivity contribution in [3.63, 3.8) is 0 Å². The third kappa shape index (κ3) is 3.00. The summed E-state index contributed by atoms with van der Waals surface area (Å²) < 4.78 is 14.5. The molecule has 3 rings (SSSR count). The number of nitrogens with zero attached hydrogens (tertiary/aromatic N) is 2. The van der Waals surface area contributed by atoms with Gasteiger partial charge < -0.3 is 4.90 Å². The topological polar surface area (TPSA) is 15.6 Å². The fourth-order valence-corrected chi connectivity index (χ4v) is 3.36. The number of para-hydroxylation sites is 1. The summed E-state index contributed by atoms with van der Waals surface area (Å²) in [7, 11) is 2.04. The van der Waals surface area contributed by atoms with E-state index in [1.807, 2.05) is 43.4 Å². The lowest BCUT2D eigenvalue weighted by molar-refractivity contribution is 0.394. The van der Waals surface area contributed by atoms with E-state index in [1.54, 1.807) is 12.3 Å². The van der Waals surface area contributed by atoms with Gasteiger partial charge in [-0.25, -0.2) is 4.39 Å². The van der Waals surface area contributed by atoms with E-state index < -0.39 is 0 Å². The van der Waals surface area contributed by atoms with Crippen molar-refractivity contribution in [2.75, 3.05) is 11.9 Å². The first kappa shape index (κ1) is 15.7. The highest BCUT2D eigenvalue weighted by Gasteiger charge is 2.34. The Bertz CT molecular complexity index is 735. The number of aliphatic imine (C=N–C) groups is 1. The van der Waals surface area contributed by atoms with E-state index in [9.17, 15) is 4.39 Å². The fourth-order valence-electron chi connectivity index (χ4n) is 3.36. The minimum Gasteiger partial charge on any atom is -0.369 e. The maximum absolute atomic E-state index is 14.5. The number of fused-ring (bicyclic) bond motifs is 1. The predicted molar refractivity (Wildman–Crippen MR) is 95.6 cm³/mol. The lowest BCUT2D eigenvalue weighted by atomic mass is 9.80. The summed E-state index contributed by atoms with van der Waals surface area (Å²) in [5, 5.41) is 0. The van der Waals surface area contributed by atoms with Gasteiger partial charge in [0, 0.05) is 30.1 Å². The van der Waals surface area contributed by atoms with Crippen molar-refractivity contribution >= 4 is 17.6 Å².